The van der Waals surface area contributed by atoms with Gasteiger partial charge in [-0.05, 0) is 41.5 Å². The van der Waals surface area contributed by atoms with Gasteiger partial charge in [0.2, 0.25) is 5.91 Å². The summed E-state index contributed by atoms with van der Waals surface area (Å²) in [6, 6.07) is 15.8. The topological polar surface area (TPSA) is 105 Å². The lowest BCUT2D eigenvalue weighted by atomic mass is 9.98. The standard InChI is InChI=1S/C26H30N2O5/c1-2-3-8-17(15-23(29)30)27-24(31)26(13-14-26)28-25(32)33-16-22-20-11-6-4-9-18(20)19-10-5-7-12-21(19)22/h4-7,9-12,17,22H,2-3,8,13-16H2,1H3,(H,27,31)(H,28,32)(H,29,30). The van der Waals surface area contributed by atoms with E-state index in [1.54, 1.807) is 0 Å². The number of carboxylic acid groups (broad SMARTS) is 1. The highest BCUT2D eigenvalue weighted by Gasteiger charge is 2.52. The fourth-order valence-electron chi connectivity index (χ4n) is 4.57. The first-order valence-corrected chi connectivity index (χ1v) is 11.6. The van der Waals surface area contributed by atoms with Crippen LogP contribution in [0.25, 0.3) is 11.1 Å². The molecule has 2 aliphatic rings. The Kier molecular flexibility index (Phi) is 6.67. The van der Waals surface area contributed by atoms with Crippen molar-refractivity contribution in [2.75, 3.05) is 6.61 Å². The van der Waals surface area contributed by atoms with Crippen LogP contribution in [-0.4, -0.2) is 41.3 Å². The van der Waals surface area contributed by atoms with Gasteiger partial charge < -0.3 is 20.5 Å². The molecule has 0 heterocycles. The Balaban J connectivity index is 1.36. The number of aliphatic carboxylic acids is 1. The van der Waals surface area contributed by atoms with Crippen LogP contribution in [0.2, 0.25) is 0 Å². The number of hydrogen-bond acceptors (Lipinski definition) is 4. The molecule has 33 heavy (non-hydrogen) atoms. The van der Waals surface area contributed by atoms with Crippen LogP contribution in [0.3, 0.4) is 0 Å². The predicted molar refractivity (Wildman–Crippen MR) is 124 cm³/mol. The molecule has 174 valence electrons. The van der Waals surface area contributed by atoms with Gasteiger partial charge in [0.05, 0.1) is 6.42 Å². The average Bonchev–Trinajstić information content (AvgIpc) is 3.51. The van der Waals surface area contributed by atoms with Gasteiger partial charge in [0.1, 0.15) is 12.1 Å². The lowest BCUT2D eigenvalue weighted by Gasteiger charge is -2.22. The van der Waals surface area contributed by atoms with Gasteiger partial charge in [0.15, 0.2) is 0 Å². The molecule has 2 amide bonds. The van der Waals surface area contributed by atoms with E-state index in [0.717, 1.165) is 35.1 Å². The monoisotopic (exact) mass is 450 g/mol. The van der Waals surface area contributed by atoms with Gasteiger partial charge in [-0.25, -0.2) is 4.79 Å². The Bertz CT molecular complexity index is 1000. The Morgan fingerprint density at radius 2 is 1.67 bits per heavy atom. The van der Waals surface area contributed by atoms with E-state index in [-0.39, 0.29) is 24.9 Å². The summed E-state index contributed by atoms with van der Waals surface area (Å²) < 4.78 is 5.58. The van der Waals surface area contributed by atoms with Crippen LogP contribution in [0.1, 0.15) is 62.5 Å². The molecule has 0 aromatic heterocycles. The van der Waals surface area contributed by atoms with Crippen LogP contribution >= 0.6 is 0 Å². The van der Waals surface area contributed by atoms with Crippen LogP contribution in [0.4, 0.5) is 4.79 Å². The van der Waals surface area contributed by atoms with Crippen molar-refractivity contribution >= 4 is 18.0 Å². The zero-order valence-electron chi connectivity index (χ0n) is 18.8. The van der Waals surface area contributed by atoms with Gasteiger partial charge in [-0.15, -0.1) is 0 Å². The fraction of sp³-hybridized carbons (Fsp3) is 0.423. The number of benzene rings is 2. The zero-order valence-corrected chi connectivity index (χ0v) is 18.8. The summed E-state index contributed by atoms with van der Waals surface area (Å²) in [6.45, 7) is 2.19. The van der Waals surface area contributed by atoms with Crippen molar-refractivity contribution in [3.63, 3.8) is 0 Å². The van der Waals surface area contributed by atoms with Crippen LogP contribution in [0, 0.1) is 0 Å². The highest BCUT2D eigenvalue weighted by molar-refractivity contribution is 5.93. The SMILES string of the molecule is CCCCC(CC(=O)O)NC(=O)C1(NC(=O)OCC2c3ccccc3-c3ccccc32)CC1. The molecule has 1 saturated carbocycles. The van der Waals surface area contributed by atoms with Crippen molar-refractivity contribution in [3.8, 4) is 11.1 Å². The van der Waals surface area contributed by atoms with E-state index < -0.39 is 23.6 Å². The number of carbonyl (C=O) groups excluding carboxylic acids is 2. The third-order valence-corrected chi connectivity index (χ3v) is 6.53. The van der Waals surface area contributed by atoms with Crippen molar-refractivity contribution in [3.05, 3.63) is 59.7 Å². The second-order valence-corrected chi connectivity index (χ2v) is 8.94. The number of nitrogens with one attached hydrogen (secondary N) is 2. The molecule has 4 rings (SSSR count). The molecule has 2 aliphatic carbocycles. The molecule has 7 nitrogen and oxygen atoms in total. The van der Waals surface area contributed by atoms with E-state index in [4.69, 9.17) is 9.84 Å². The zero-order chi connectivity index (χ0) is 23.4. The number of hydrogen-bond donors (Lipinski definition) is 3. The Morgan fingerprint density at radius 3 is 2.21 bits per heavy atom. The van der Waals surface area contributed by atoms with Crippen molar-refractivity contribution < 1.29 is 24.2 Å². The van der Waals surface area contributed by atoms with Crippen LogP contribution in [0.15, 0.2) is 48.5 Å². The van der Waals surface area contributed by atoms with E-state index in [2.05, 4.69) is 34.9 Å². The number of unbranched alkanes of at least 4 members (excludes halogenated alkanes) is 1. The van der Waals surface area contributed by atoms with Gasteiger partial charge >= 0.3 is 12.1 Å². The summed E-state index contributed by atoms with van der Waals surface area (Å²) in [5, 5.41) is 14.7. The van der Waals surface area contributed by atoms with Crippen molar-refractivity contribution in [1.82, 2.24) is 10.6 Å². The maximum atomic E-state index is 12.8. The number of carboxylic acids is 1. The highest BCUT2D eigenvalue weighted by Crippen LogP contribution is 2.44. The molecule has 1 unspecified atom stereocenters. The first-order valence-electron chi connectivity index (χ1n) is 11.6. The summed E-state index contributed by atoms with van der Waals surface area (Å²) in [4.78, 5) is 36.6. The smallest absolute Gasteiger partial charge is 0.408 e. The maximum absolute atomic E-state index is 12.8. The number of rotatable bonds is 10. The first kappa shape index (κ1) is 22.8. The second kappa shape index (κ2) is 9.65. The maximum Gasteiger partial charge on any atom is 0.408 e. The molecule has 0 bridgehead atoms. The van der Waals surface area contributed by atoms with E-state index in [1.165, 1.54) is 0 Å². The van der Waals surface area contributed by atoms with Crippen LogP contribution in [0.5, 0.6) is 0 Å². The van der Waals surface area contributed by atoms with Gasteiger partial charge in [0.25, 0.3) is 0 Å². The minimum Gasteiger partial charge on any atom is -0.481 e. The third kappa shape index (κ3) is 5.02. The molecule has 2 aromatic rings. The molecule has 2 aromatic carbocycles. The summed E-state index contributed by atoms with van der Waals surface area (Å²) in [6.07, 6.45) is 2.59. The van der Waals surface area contributed by atoms with E-state index in [1.807, 2.05) is 31.2 Å². The molecule has 0 radical (unpaired) electrons. The fourth-order valence-corrected chi connectivity index (χ4v) is 4.57. The second-order valence-electron chi connectivity index (χ2n) is 8.94. The minimum atomic E-state index is -1.01. The molecule has 1 fully saturated rings. The predicted octanol–water partition coefficient (Wildman–Crippen LogP) is 4.21. The lowest BCUT2D eigenvalue weighted by molar-refractivity contribution is -0.137. The molecular formula is C26H30N2O5. The number of fused-ring (bicyclic) bond motifs is 3. The summed E-state index contributed by atoms with van der Waals surface area (Å²) in [5.41, 5.74) is 3.54. The van der Waals surface area contributed by atoms with Crippen molar-refractivity contribution in [2.45, 2.75) is 62.9 Å². The summed E-state index contributed by atoms with van der Waals surface area (Å²) >= 11 is 0. The summed E-state index contributed by atoms with van der Waals surface area (Å²) in [7, 11) is 0. The number of ether oxygens (including phenoxy) is 1. The normalized spacial score (nSPS) is 16.3. The Morgan fingerprint density at radius 1 is 1.06 bits per heavy atom. The Hall–Kier alpha value is -3.35. The summed E-state index contributed by atoms with van der Waals surface area (Å²) in [5.74, 6) is -1.34. The van der Waals surface area contributed by atoms with Gasteiger partial charge in [0, 0.05) is 12.0 Å². The van der Waals surface area contributed by atoms with Gasteiger partial charge in [-0.1, -0.05) is 68.3 Å². The third-order valence-electron chi connectivity index (χ3n) is 6.53. The molecule has 0 saturated heterocycles. The highest BCUT2D eigenvalue weighted by atomic mass is 16.5. The van der Waals surface area contributed by atoms with Crippen LogP contribution < -0.4 is 10.6 Å². The van der Waals surface area contributed by atoms with Crippen LogP contribution in [-0.2, 0) is 14.3 Å². The molecule has 7 heteroatoms. The molecule has 0 spiro atoms. The van der Waals surface area contributed by atoms with Gasteiger partial charge in [-0.3, -0.25) is 9.59 Å². The number of alkyl carbamates (subject to hydrolysis) is 1. The van der Waals surface area contributed by atoms with Crippen molar-refractivity contribution in [1.29, 1.82) is 0 Å². The number of amides is 2. The first-order chi connectivity index (χ1) is 15.9. The van der Waals surface area contributed by atoms with E-state index >= 15 is 0 Å². The van der Waals surface area contributed by atoms with E-state index in [0.29, 0.717) is 19.3 Å². The largest absolute Gasteiger partial charge is 0.481 e. The molecule has 0 aliphatic heterocycles. The lowest BCUT2D eigenvalue weighted by Crippen LogP contribution is -2.52. The molecule has 3 N–H and O–H groups in total. The van der Waals surface area contributed by atoms with E-state index in [9.17, 15) is 14.4 Å². The molecular weight excluding hydrogens is 420 g/mol. The van der Waals surface area contributed by atoms with Gasteiger partial charge in [-0.2, -0.15) is 0 Å². The number of carbonyl (C=O) groups is 3. The average molecular weight is 451 g/mol. The molecule has 1 atom stereocenters. The quantitative estimate of drug-likeness (QED) is 0.503. The Labute approximate surface area is 193 Å². The van der Waals surface area contributed by atoms with Crippen molar-refractivity contribution in [2.24, 2.45) is 0 Å². The minimum absolute atomic E-state index is 0.0545.